The molecule has 584 valence electrons. The predicted molar refractivity (Wildman–Crippen MR) is 372 cm³/mol. The molecule has 12 unspecified atom stereocenters. The highest BCUT2D eigenvalue weighted by Gasteiger charge is 2.69. The van der Waals surface area contributed by atoms with E-state index in [2.05, 4.69) is 0 Å². The number of carbonyl (C=O) groups excluding carboxylic acids is 8. The molecular weight excluding hydrogens is 1420 g/mol. The number of ether oxygens (including phenoxy) is 8. The molecule has 14 N–H and O–H groups in total. The summed E-state index contributed by atoms with van der Waals surface area (Å²) in [6.07, 6.45) is -0.393. The molecule has 0 amide bonds. The maximum Gasteiger partial charge on any atom is 0.346 e. The number of hydrogen-bond donors (Lipinski definition) is 14. The maximum atomic E-state index is 15.5. The molecule has 6 saturated heterocycles. The molecule has 0 aromatic carbocycles. The second-order valence-electron chi connectivity index (χ2n) is 31.0. The average Bonchev–Trinajstić information content (AvgIpc) is 1.55. The molecule has 0 aromatic heterocycles. The fourth-order valence-electron chi connectivity index (χ4n) is 17.0. The Morgan fingerprint density at radius 1 is 0.398 bits per heavy atom. The summed E-state index contributed by atoms with van der Waals surface area (Å²) in [5.74, 6) is -16.4. The van der Waals surface area contributed by atoms with Gasteiger partial charge in [-0.05, 0) is 111 Å². The zero-order chi connectivity index (χ0) is 79.4. The van der Waals surface area contributed by atoms with Crippen LogP contribution < -0.4 is 0 Å². The standard InChI is InChI=1S/C78H92O30/c1-35-13-11-17-71(7)27-43(33-101-69-59(91)57(89)55(87)47(31-81)103-69)39(5)23-75(71)61(93)49(65(97)105-75)46(84)16-20-74(10)26-42(30-80)38(4)22-78(74)64(96)52(68(100)108-78)54(86)36(2)14-12-18-72(8)28-44(34-102-70-60(92)58(90)56(88)48(32-82)104-70)40(6)24-76(72)62(94)50(66(98)106-76)45(83)15-19-73(9)25-41(29-79)37(3)21-77(73)63(95)51(53(35)85)67(99)107-77/h11-20,25-28,37-40,47-48,55-60,69-70,79-92H,21-24,29-34H2,1-10H3/t37?,38?,39?,40?,47-,48-,55+,56+,57+,58+,59-,60-,69+,70+,71?,72?,73?,74?,75?,76?,77?,78?/m1/s1. The quantitative estimate of drug-likeness (QED) is 0.0646. The second-order valence-corrected chi connectivity index (χ2v) is 31.0. The molecule has 6 fully saturated rings. The van der Waals surface area contributed by atoms with Crippen LogP contribution in [0.2, 0.25) is 0 Å². The lowest BCUT2D eigenvalue weighted by Gasteiger charge is -2.46. The summed E-state index contributed by atoms with van der Waals surface area (Å²) in [4.78, 5) is 120. The van der Waals surface area contributed by atoms with Crippen molar-refractivity contribution >= 4 is 47.0 Å². The molecule has 22 atom stereocenters. The monoisotopic (exact) mass is 1510 g/mol. The predicted octanol–water partition coefficient (Wildman–Crippen LogP) is 2.33. The lowest BCUT2D eigenvalue weighted by Crippen LogP contribution is -2.59. The number of aliphatic hydroxyl groups is 14. The molecule has 0 aromatic rings. The molecule has 8 bridgehead atoms. The van der Waals surface area contributed by atoms with Gasteiger partial charge in [0, 0.05) is 25.7 Å². The van der Waals surface area contributed by atoms with Crippen LogP contribution in [0.5, 0.6) is 0 Å². The summed E-state index contributed by atoms with van der Waals surface area (Å²) < 4.78 is 47.6. The molecule has 4 spiro atoms. The Morgan fingerprint density at radius 2 is 0.676 bits per heavy atom. The minimum atomic E-state index is -2.28. The molecule has 108 heavy (non-hydrogen) atoms. The first-order chi connectivity index (χ1) is 50.6. The van der Waals surface area contributed by atoms with Crippen molar-refractivity contribution < 1.29 is 148 Å². The molecule has 5 aliphatic carbocycles. The van der Waals surface area contributed by atoms with E-state index >= 15 is 19.2 Å². The summed E-state index contributed by atoms with van der Waals surface area (Å²) in [6.45, 7) is 11.3. The topological polar surface area (TPSA) is 494 Å². The Morgan fingerprint density at radius 3 is 0.981 bits per heavy atom. The van der Waals surface area contributed by atoms with Crippen molar-refractivity contribution in [3.63, 3.8) is 0 Å². The van der Waals surface area contributed by atoms with Crippen LogP contribution in [0.25, 0.3) is 0 Å². The molecule has 0 radical (unpaired) electrons. The second kappa shape index (κ2) is 29.1. The van der Waals surface area contributed by atoms with Gasteiger partial charge in [0.1, 0.15) is 94.2 Å². The Hall–Kier alpha value is -8.44. The van der Waals surface area contributed by atoms with Gasteiger partial charge in [-0.2, -0.15) is 0 Å². The molecule has 11 aliphatic rings. The smallest absolute Gasteiger partial charge is 0.346 e. The van der Waals surface area contributed by atoms with E-state index in [4.69, 9.17) is 37.9 Å². The SMILES string of the molecule is CC1=CC=CC2(C)C=C(CO[C@H]3O[C@H](CO)[C@H](O)[C@H](O)[C@H]3O)C(C)CC23OC(=O)C(=C(O)C=CC2(C)C=C(CO)C(C)CC24OC(=O)C(=C(O)C(C)=CC=CC2(C)C=C(CO[C@H]5O[C@H](CO)[C@H](O)[C@H](O)[C@H]5O)C(C)CC25OC(=O)C(=C(O)C=CC2(C)C=C(CO)C(C)CC26OC(=O)C(=C1O)C6=O)C5=O)C4=O)C3=O. The van der Waals surface area contributed by atoms with E-state index in [0.29, 0.717) is 22.3 Å². The van der Waals surface area contributed by atoms with Crippen molar-refractivity contribution in [2.75, 3.05) is 39.6 Å². The van der Waals surface area contributed by atoms with Crippen molar-refractivity contribution in [2.45, 2.75) is 179 Å². The van der Waals surface area contributed by atoms with Gasteiger partial charge >= 0.3 is 23.9 Å². The third-order valence-corrected chi connectivity index (χ3v) is 24.0. The van der Waals surface area contributed by atoms with Crippen molar-refractivity contribution in [1.29, 1.82) is 0 Å². The molecule has 0 saturated carbocycles. The number of aliphatic hydroxyl groups excluding tert-OH is 14. The number of fused-ring (bicyclic) bond motifs is 4. The normalized spacial score (nSPS) is 41.2. The summed E-state index contributed by atoms with van der Waals surface area (Å²) in [5.41, 5.74) is -19.0. The van der Waals surface area contributed by atoms with Gasteiger partial charge in [-0.1, -0.05) is 101 Å². The highest BCUT2D eigenvalue weighted by Crippen LogP contribution is 2.59. The van der Waals surface area contributed by atoms with Crippen molar-refractivity contribution in [3.05, 3.63) is 164 Å². The van der Waals surface area contributed by atoms with Gasteiger partial charge in [0.05, 0.1) is 61.3 Å². The van der Waals surface area contributed by atoms with Crippen molar-refractivity contribution in [1.82, 2.24) is 0 Å². The van der Waals surface area contributed by atoms with Crippen LogP contribution in [0.4, 0.5) is 0 Å². The summed E-state index contributed by atoms with van der Waals surface area (Å²) in [5, 5.41) is 154. The summed E-state index contributed by atoms with van der Waals surface area (Å²) in [6, 6.07) is 0. The van der Waals surface area contributed by atoms with Gasteiger partial charge < -0.3 is 109 Å². The first-order valence-corrected chi connectivity index (χ1v) is 35.5. The van der Waals surface area contributed by atoms with Crippen LogP contribution in [-0.4, -0.2) is 242 Å². The molecule has 6 aliphatic heterocycles. The highest BCUT2D eigenvalue weighted by atomic mass is 16.7. The number of esters is 4. The number of allylic oxidation sites excluding steroid dienone is 8. The Kier molecular flexibility index (Phi) is 21.7. The fraction of sp³-hybridized carbons (Fsp3) is 0.538. The third-order valence-electron chi connectivity index (χ3n) is 24.0. The number of rotatable bonds is 10. The number of ketones is 4. The van der Waals surface area contributed by atoms with E-state index in [1.54, 1.807) is 27.7 Å². The third kappa shape index (κ3) is 12.7. The Bertz CT molecular complexity index is 4030. The van der Waals surface area contributed by atoms with Crippen LogP contribution >= 0.6 is 0 Å². The van der Waals surface area contributed by atoms with Gasteiger partial charge in [0.25, 0.3) is 0 Å². The Labute approximate surface area is 619 Å². The minimum Gasteiger partial charge on any atom is -0.507 e. The van der Waals surface area contributed by atoms with Gasteiger partial charge in [-0.25, -0.2) is 19.2 Å². The molecule has 30 nitrogen and oxygen atoms in total. The number of carbonyl (C=O) groups is 8. The molecular formula is C78H92O30. The van der Waals surface area contributed by atoms with Gasteiger partial charge in [-0.15, -0.1) is 0 Å². The van der Waals surface area contributed by atoms with E-state index in [0.717, 1.165) is 12.2 Å². The van der Waals surface area contributed by atoms with Crippen LogP contribution in [0.1, 0.15) is 94.9 Å². The Balaban J connectivity index is 1.07. The average molecular weight is 1510 g/mol. The molecule has 6 heterocycles. The van der Waals surface area contributed by atoms with Crippen LogP contribution in [0.3, 0.4) is 0 Å². The summed E-state index contributed by atoms with van der Waals surface area (Å²) >= 11 is 0. The van der Waals surface area contributed by atoms with Gasteiger partial charge in [-0.3, -0.25) is 19.2 Å². The zero-order valence-corrected chi connectivity index (χ0v) is 61.0. The largest absolute Gasteiger partial charge is 0.507 e. The van der Waals surface area contributed by atoms with Crippen LogP contribution in [0.15, 0.2) is 164 Å². The minimum absolute atomic E-state index is 0.175. The van der Waals surface area contributed by atoms with E-state index < -0.39 is 261 Å². The van der Waals surface area contributed by atoms with E-state index in [9.17, 15) is 90.7 Å². The first kappa shape index (κ1) is 80.6. The lowest BCUT2D eigenvalue weighted by atomic mass is 9.60. The molecule has 11 rings (SSSR count). The van der Waals surface area contributed by atoms with Crippen LogP contribution in [0, 0.1) is 45.3 Å². The molecule has 30 heteroatoms. The van der Waals surface area contributed by atoms with Crippen molar-refractivity contribution in [2.24, 2.45) is 45.3 Å². The number of Topliss-reactive ketones (excluding diaryl/α,β-unsaturated/α-hetero) is 4. The zero-order valence-electron chi connectivity index (χ0n) is 61.0. The lowest BCUT2D eigenvalue weighted by molar-refractivity contribution is -0.299. The van der Waals surface area contributed by atoms with E-state index in [1.165, 1.54) is 114 Å². The van der Waals surface area contributed by atoms with Crippen molar-refractivity contribution in [3.8, 4) is 0 Å². The first-order valence-electron chi connectivity index (χ1n) is 35.5. The number of hydrogen-bond acceptors (Lipinski definition) is 30. The van der Waals surface area contributed by atoms with Gasteiger partial charge in [0.15, 0.2) is 35.0 Å². The highest BCUT2D eigenvalue weighted by molar-refractivity contribution is 6.29. The van der Waals surface area contributed by atoms with Crippen LogP contribution in [-0.2, 0) is 76.3 Å². The maximum absolute atomic E-state index is 15.5. The fourth-order valence-corrected chi connectivity index (χ4v) is 17.0. The van der Waals surface area contributed by atoms with E-state index in [-0.39, 0.29) is 36.8 Å². The summed E-state index contributed by atoms with van der Waals surface area (Å²) in [7, 11) is 0. The van der Waals surface area contributed by atoms with E-state index in [1.807, 2.05) is 0 Å². The van der Waals surface area contributed by atoms with Gasteiger partial charge in [0.2, 0.25) is 23.1 Å².